The third-order valence-electron chi connectivity index (χ3n) is 6.40. The lowest BCUT2D eigenvalue weighted by Crippen LogP contribution is -2.21. The maximum atomic E-state index is 12.9. The topological polar surface area (TPSA) is 79.5 Å². The number of aromatic amines is 1. The third kappa shape index (κ3) is 4.93. The number of likely N-dealkylation sites (tertiary alicyclic amines) is 1. The molecule has 2 aromatic heterocycles. The second-order valence-electron chi connectivity index (χ2n) is 9.46. The highest BCUT2D eigenvalue weighted by atomic mass is 31.2. The molecule has 0 spiro atoms. The molecule has 7 nitrogen and oxygen atoms in total. The molecule has 0 unspecified atom stereocenters. The van der Waals surface area contributed by atoms with Crippen LogP contribution in [0.4, 0.5) is 11.4 Å². The van der Waals surface area contributed by atoms with Crippen LogP contribution < -0.4 is 20.1 Å². The van der Waals surface area contributed by atoms with Gasteiger partial charge in [-0.2, -0.15) is 0 Å². The van der Waals surface area contributed by atoms with E-state index in [0.717, 1.165) is 64.2 Å². The molecular weight excluding hydrogens is 459 g/mol. The number of para-hydroxylation sites is 1. The average Bonchev–Trinajstić information content (AvgIpc) is 3.45. The molecular formula is C27H31N4O3P. The van der Waals surface area contributed by atoms with Crippen molar-refractivity contribution in [3.8, 4) is 22.8 Å². The van der Waals surface area contributed by atoms with Crippen molar-refractivity contribution >= 4 is 34.9 Å². The summed E-state index contributed by atoms with van der Waals surface area (Å²) in [5, 5.41) is 5.17. The van der Waals surface area contributed by atoms with E-state index >= 15 is 0 Å². The zero-order valence-corrected chi connectivity index (χ0v) is 21.4. The van der Waals surface area contributed by atoms with Gasteiger partial charge in [-0.1, -0.05) is 12.1 Å². The molecule has 0 bridgehead atoms. The number of benzene rings is 2. The maximum absolute atomic E-state index is 12.9. The van der Waals surface area contributed by atoms with Crippen molar-refractivity contribution in [2.75, 3.05) is 45.9 Å². The molecule has 1 saturated heterocycles. The molecule has 0 saturated carbocycles. The van der Waals surface area contributed by atoms with Crippen LogP contribution in [0.3, 0.4) is 0 Å². The number of hydrogen-bond donors (Lipinski definition) is 2. The van der Waals surface area contributed by atoms with Crippen molar-refractivity contribution < 1.29 is 14.0 Å². The Morgan fingerprint density at radius 2 is 1.91 bits per heavy atom. The first-order chi connectivity index (χ1) is 16.8. The summed E-state index contributed by atoms with van der Waals surface area (Å²) in [5.74, 6) is 1.50. The summed E-state index contributed by atoms with van der Waals surface area (Å²) in [7, 11) is 1.27. The van der Waals surface area contributed by atoms with Crippen molar-refractivity contribution in [1.29, 1.82) is 0 Å². The smallest absolute Gasteiger partial charge is 0.161 e. The number of likely N-dealkylation sites (N-methyl/N-ethyl adjacent to an activating group) is 1. The summed E-state index contributed by atoms with van der Waals surface area (Å²) < 4.78 is 24.6. The zero-order valence-electron chi connectivity index (χ0n) is 20.5. The third-order valence-corrected chi connectivity index (χ3v) is 7.95. The molecule has 4 aromatic rings. The predicted molar refractivity (Wildman–Crippen MR) is 143 cm³/mol. The fourth-order valence-electron chi connectivity index (χ4n) is 4.58. The first-order valence-corrected chi connectivity index (χ1v) is 14.3. The van der Waals surface area contributed by atoms with E-state index in [1.54, 1.807) is 26.6 Å². The van der Waals surface area contributed by atoms with E-state index in [-0.39, 0.29) is 6.10 Å². The number of rotatable bonds is 7. The molecule has 1 aliphatic rings. The van der Waals surface area contributed by atoms with Crippen molar-refractivity contribution in [1.82, 2.24) is 14.9 Å². The molecule has 1 fully saturated rings. The van der Waals surface area contributed by atoms with Crippen LogP contribution in [0, 0.1) is 0 Å². The molecule has 2 aromatic carbocycles. The Balaban J connectivity index is 1.47. The lowest BCUT2D eigenvalue weighted by Gasteiger charge is -2.17. The molecule has 5 rings (SSSR count). The van der Waals surface area contributed by atoms with Gasteiger partial charge < -0.3 is 29.2 Å². The lowest BCUT2D eigenvalue weighted by atomic mass is 10.1. The van der Waals surface area contributed by atoms with E-state index in [9.17, 15) is 4.57 Å². The average molecular weight is 491 g/mol. The predicted octanol–water partition coefficient (Wildman–Crippen LogP) is 5.31. The van der Waals surface area contributed by atoms with Crippen molar-refractivity contribution in [3.63, 3.8) is 0 Å². The molecule has 2 N–H and O–H groups in total. The minimum Gasteiger partial charge on any atom is -0.493 e. The fraction of sp³-hybridized carbons (Fsp3) is 0.296. The molecule has 0 amide bonds. The normalized spacial score (nSPS) is 16.5. The van der Waals surface area contributed by atoms with Crippen LogP contribution in [0.5, 0.6) is 11.5 Å². The minimum absolute atomic E-state index is 0.244. The van der Waals surface area contributed by atoms with Gasteiger partial charge in [-0.15, -0.1) is 0 Å². The van der Waals surface area contributed by atoms with Crippen LogP contribution >= 0.6 is 7.14 Å². The van der Waals surface area contributed by atoms with Crippen molar-refractivity contribution in [2.24, 2.45) is 0 Å². The quantitative estimate of drug-likeness (QED) is 0.342. The Hall–Kier alpha value is -3.28. The molecule has 1 atom stereocenters. The van der Waals surface area contributed by atoms with Gasteiger partial charge in [-0.3, -0.25) is 0 Å². The van der Waals surface area contributed by atoms with E-state index in [2.05, 4.69) is 45.4 Å². The van der Waals surface area contributed by atoms with Crippen molar-refractivity contribution in [3.05, 3.63) is 60.8 Å². The van der Waals surface area contributed by atoms with Gasteiger partial charge in [0.1, 0.15) is 24.6 Å². The largest absolute Gasteiger partial charge is 0.493 e. The highest BCUT2D eigenvalue weighted by Crippen LogP contribution is 2.41. The number of ether oxygens (including phenoxy) is 2. The SMILES string of the molecule is COc1cnc2[nH]c(-c3ccc(O[C@@H]4CCN(C)C4)cc3)cc2c1Nc1ccccc1P(C)(C)=O. The van der Waals surface area contributed by atoms with Gasteiger partial charge in [0.2, 0.25) is 0 Å². The van der Waals surface area contributed by atoms with Crippen LogP contribution in [0.1, 0.15) is 6.42 Å². The molecule has 0 aliphatic carbocycles. The van der Waals surface area contributed by atoms with E-state index < -0.39 is 7.14 Å². The van der Waals surface area contributed by atoms with Gasteiger partial charge in [-0.25, -0.2) is 4.98 Å². The number of pyridine rings is 1. The first kappa shape index (κ1) is 23.5. The van der Waals surface area contributed by atoms with Crippen LogP contribution in [-0.2, 0) is 4.57 Å². The summed E-state index contributed by atoms with van der Waals surface area (Å²) in [4.78, 5) is 10.3. The summed E-state index contributed by atoms with van der Waals surface area (Å²) >= 11 is 0. The highest BCUT2D eigenvalue weighted by Gasteiger charge is 2.21. The fourth-order valence-corrected chi connectivity index (χ4v) is 5.73. The first-order valence-electron chi connectivity index (χ1n) is 11.7. The van der Waals surface area contributed by atoms with Gasteiger partial charge in [0.05, 0.1) is 19.0 Å². The molecule has 0 radical (unpaired) electrons. The molecule has 1 aliphatic heterocycles. The number of nitrogens with zero attached hydrogens (tertiary/aromatic N) is 2. The van der Waals surface area contributed by atoms with Gasteiger partial charge >= 0.3 is 0 Å². The highest BCUT2D eigenvalue weighted by molar-refractivity contribution is 7.70. The van der Waals surface area contributed by atoms with E-state index in [4.69, 9.17) is 9.47 Å². The maximum Gasteiger partial charge on any atom is 0.161 e. The summed E-state index contributed by atoms with van der Waals surface area (Å²) in [6, 6.07) is 17.9. The van der Waals surface area contributed by atoms with Crippen LogP contribution in [0.2, 0.25) is 0 Å². The van der Waals surface area contributed by atoms with E-state index in [1.165, 1.54) is 0 Å². The number of aromatic nitrogens is 2. The monoisotopic (exact) mass is 490 g/mol. The lowest BCUT2D eigenvalue weighted by molar-refractivity contribution is 0.208. The molecule has 182 valence electrons. The Morgan fingerprint density at radius 1 is 1.14 bits per heavy atom. The number of H-pyrrole nitrogens is 1. The Kier molecular flexibility index (Phi) is 6.30. The minimum atomic E-state index is -2.48. The Morgan fingerprint density at radius 3 is 2.60 bits per heavy atom. The number of fused-ring (bicyclic) bond motifs is 1. The van der Waals surface area contributed by atoms with Gasteiger partial charge in [0, 0.05) is 35.2 Å². The van der Waals surface area contributed by atoms with Gasteiger partial charge in [0.25, 0.3) is 0 Å². The van der Waals surface area contributed by atoms with Gasteiger partial charge in [-0.05, 0) is 74.8 Å². The zero-order chi connectivity index (χ0) is 24.6. The summed E-state index contributed by atoms with van der Waals surface area (Å²) in [5.41, 5.74) is 4.31. The van der Waals surface area contributed by atoms with Gasteiger partial charge in [0.15, 0.2) is 5.75 Å². The standard InChI is InChI=1S/C27H31N4O3P/c1-31-14-13-20(17-31)34-19-11-9-18(10-12-19)23-15-21-26(24(33-2)16-28-27(21)30-23)29-22-7-5-6-8-25(22)35(3,4)32/h5-12,15-16,20H,13-14,17H2,1-4H3,(H2,28,29,30)/t20-/m1/s1. The van der Waals surface area contributed by atoms with Crippen LogP contribution in [-0.4, -0.2) is 61.5 Å². The van der Waals surface area contributed by atoms with E-state index in [0.29, 0.717) is 5.75 Å². The molecule has 3 heterocycles. The number of methoxy groups -OCH3 is 1. The molecule has 35 heavy (non-hydrogen) atoms. The Labute approximate surface area is 205 Å². The molecule has 8 heteroatoms. The summed E-state index contributed by atoms with van der Waals surface area (Å²) in [6.07, 6.45) is 2.99. The summed E-state index contributed by atoms with van der Waals surface area (Å²) in [6.45, 7) is 5.59. The van der Waals surface area contributed by atoms with Crippen LogP contribution in [0.25, 0.3) is 22.3 Å². The van der Waals surface area contributed by atoms with Crippen molar-refractivity contribution in [2.45, 2.75) is 12.5 Å². The van der Waals surface area contributed by atoms with Crippen LogP contribution in [0.15, 0.2) is 60.8 Å². The second kappa shape index (κ2) is 9.40. The van der Waals surface area contributed by atoms with E-state index in [1.807, 2.05) is 36.4 Å². The number of anilines is 2. The Bertz CT molecular complexity index is 1390. The number of nitrogens with one attached hydrogen (secondary N) is 2. The second-order valence-corrected chi connectivity index (χ2v) is 12.6. The number of hydrogen-bond acceptors (Lipinski definition) is 6.